The molecular formula is C14H14N2O. The Hall–Kier alpha value is -2.00. The van der Waals surface area contributed by atoms with Gasteiger partial charge in [-0.25, -0.2) is 0 Å². The van der Waals surface area contributed by atoms with E-state index < -0.39 is 0 Å². The van der Waals surface area contributed by atoms with Gasteiger partial charge < -0.3 is 14.7 Å². The fourth-order valence-electron chi connectivity index (χ4n) is 1.95. The molecule has 0 spiro atoms. The van der Waals surface area contributed by atoms with Gasteiger partial charge in [0.1, 0.15) is 0 Å². The molecule has 0 unspecified atom stereocenters. The van der Waals surface area contributed by atoms with Crippen molar-refractivity contribution >= 4 is 10.9 Å². The minimum absolute atomic E-state index is 0.833. The Balaban J connectivity index is 1.64. The van der Waals surface area contributed by atoms with Crippen LogP contribution in [0.25, 0.3) is 10.9 Å². The highest BCUT2D eigenvalue weighted by Crippen LogP contribution is 2.14. The van der Waals surface area contributed by atoms with Gasteiger partial charge in [0, 0.05) is 30.4 Å². The number of rotatable bonds is 4. The normalized spacial score (nSPS) is 11.1. The number of aromatic nitrogens is 1. The zero-order chi connectivity index (χ0) is 11.5. The minimum Gasteiger partial charge on any atom is -0.472 e. The third-order valence-electron chi connectivity index (χ3n) is 2.86. The number of fused-ring (bicyclic) bond motifs is 1. The highest BCUT2D eigenvalue weighted by molar-refractivity contribution is 5.79. The average molecular weight is 226 g/mol. The van der Waals surface area contributed by atoms with Crippen LogP contribution in [-0.2, 0) is 13.1 Å². The first kappa shape index (κ1) is 10.2. The molecule has 0 aliphatic carbocycles. The van der Waals surface area contributed by atoms with Crippen molar-refractivity contribution in [3.63, 3.8) is 0 Å². The van der Waals surface area contributed by atoms with Crippen LogP contribution in [0, 0.1) is 0 Å². The fourth-order valence-corrected chi connectivity index (χ4v) is 1.95. The summed E-state index contributed by atoms with van der Waals surface area (Å²) in [5.74, 6) is 0. The summed E-state index contributed by atoms with van der Waals surface area (Å²) < 4.78 is 5.02. The predicted molar refractivity (Wildman–Crippen MR) is 67.6 cm³/mol. The Kier molecular flexibility index (Phi) is 2.68. The summed E-state index contributed by atoms with van der Waals surface area (Å²) in [6.45, 7) is 1.69. The van der Waals surface area contributed by atoms with Crippen LogP contribution in [0.3, 0.4) is 0 Å². The van der Waals surface area contributed by atoms with E-state index in [0.29, 0.717) is 0 Å². The summed E-state index contributed by atoms with van der Waals surface area (Å²) in [5, 5.41) is 4.64. The molecule has 0 bridgehead atoms. The molecule has 1 aromatic carbocycles. The Morgan fingerprint density at radius 1 is 1.06 bits per heavy atom. The first-order valence-electron chi connectivity index (χ1n) is 5.70. The van der Waals surface area contributed by atoms with Gasteiger partial charge in [-0.15, -0.1) is 0 Å². The molecule has 17 heavy (non-hydrogen) atoms. The Bertz CT molecular complexity index is 596. The van der Waals surface area contributed by atoms with Crippen molar-refractivity contribution in [2.45, 2.75) is 13.1 Å². The number of nitrogens with one attached hydrogen (secondary N) is 2. The van der Waals surface area contributed by atoms with Crippen LogP contribution in [0.15, 0.2) is 53.5 Å². The molecule has 3 heteroatoms. The summed E-state index contributed by atoms with van der Waals surface area (Å²) in [6.07, 6.45) is 5.43. The third-order valence-corrected chi connectivity index (χ3v) is 2.86. The molecule has 0 radical (unpaired) electrons. The molecule has 0 atom stereocenters. The molecule has 3 aromatic rings. The number of hydrogen-bond acceptors (Lipinski definition) is 2. The number of hydrogen-bond donors (Lipinski definition) is 2. The SMILES string of the molecule is c1cc2ccc(CNCc3ccoc3)cc2[nH]1. The zero-order valence-electron chi connectivity index (χ0n) is 9.44. The maximum Gasteiger partial charge on any atom is 0.0947 e. The van der Waals surface area contributed by atoms with Crippen LogP contribution in [0.1, 0.15) is 11.1 Å². The largest absolute Gasteiger partial charge is 0.472 e. The average Bonchev–Trinajstić information content (AvgIpc) is 2.98. The van der Waals surface area contributed by atoms with E-state index in [1.807, 2.05) is 12.3 Å². The second kappa shape index (κ2) is 4.47. The topological polar surface area (TPSA) is 41.0 Å². The van der Waals surface area contributed by atoms with Crippen LogP contribution < -0.4 is 5.32 Å². The number of H-pyrrole nitrogens is 1. The van der Waals surface area contributed by atoms with E-state index in [1.165, 1.54) is 22.0 Å². The zero-order valence-corrected chi connectivity index (χ0v) is 9.44. The van der Waals surface area contributed by atoms with E-state index in [1.54, 1.807) is 12.5 Å². The lowest BCUT2D eigenvalue weighted by molar-refractivity contribution is 0.560. The lowest BCUT2D eigenvalue weighted by atomic mass is 10.1. The van der Waals surface area contributed by atoms with Gasteiger partial charge in [-0.05, 0) is 29.1 Å². The molecular weight excluding hydrogens is 212 g/mol. The molecule has 0 aliphatic heterocycles. The molecule has 0 amide bonds. The van der Waals surface area contributed by atoms with Gasteiger partial charge in [0.2, 0.25) is 0 Å². The molecule has 3 rings (SSSR count). The van der Waals surface area contributed by atoms with Crippen molar-refractivity contribution in [3.8, 4) is 0 Å². The molecule has 0 aliphatic rings. The molecule has 3 nitrogen and oxygen atoms in total. The maximum absolute atomic E-state index is 5.02. The van der Waals surface area contributed by atoms with Crippen molar-refractivity contribution in [1.29, 1.82) is 0 Å². The van der Waals surface area contributed by atoms with Crippen molar-refractivity contribution in [2.24, 2.45) is 0 Å². The van der Waals surface area contributed by atoms with E-state index in [4.69, 9.17) is 4.42 Å². The van der Waals surface area contributed by atoms with Crippen LogP contribution in [0.5, 0.6) is 0 Å². The van der Waals surface area contributed by atoms with Crippen LogP contribution in [0.2, 0.25) is 0 Å². The lowest BCUT2D eigenvalue weighted by Gasteiger charge is -2.03. The van der Waals surface area contributed by atoms with E-state index in [0.717, 1.165) is 13.1 Å². The van der Waals surface area contributed by atoms with Crippen molar-refractivity contribution < 1.29 is 4.42 Å². The van der Waals surface area contributed by atoms with Crippen LogP contribution in [-0.4, -0.2) is 4.98 Å². The van der Waals surface area contributed by atoms with E-state index in [-0.39, 0.29) is 0 Å². The van der Waals surface area contributed by atoms with Crippen LogP contribution >= 0.6 is 0 Å². The summed E-state index contributed by atoms with van der Waals surface area (Å²) in [6, 6.07) is 10.5. The lowest BCUT2D eigenvalue weighted by Crippen LogP contribution is -2.11. The molecule has 0 saturated carbocycles. The highest BCUT2D eigenvalue weighted by Gasteiger charge is 1.98. The van der Waals surface area contributed by atoms with Gasteiger partial charge in [0.05, 0.1) is 12.5 Å². The van der Waals surface area contributed by atoms with E-state index >= 15 is 0 Å². The Morgan fingerprint density at radius 2 is 2.00 bits per heavy atom. The van der Waals surface area contributed by atoms with Gasteiger partial charge in [-0.2, -0.15) is 0 Å². The summed E-state index contributed by atoms with van der Waals surface area (Å²) in [5.41, 5.74) is 3.64. The van der Waals surface area contributed by atoms with E-state index in [9.17, 15) is 0 Å². The van der Waals surface area contributed by atoms with Crippen molar-refractivity contribution in [1.82, 2.24) is 10.3 Å². The Labute approximate surface area is 99.5 Å². The van der Waals surface area contributed by atoms with Crippen molar-refractivity contribution in [2.75, 3.05) is 0 Å². The van der Waals surface area contributed by atoms with Crippen LogP contribution in [0.4, 0.5) is 0 Å². The highest BCUT2D eigenvalue weighted by atomic mass is 16.3. The number of furan rings is 1. The number of benzene rings is 1. The number of aromatic amines is 1. The molecule has 2 heterocycles. The first-order chi connectivity index (χ1) is 8.42. The molecule has 0 fully saturated rings. The van der Waals surface area contributed by atoms with Gasteiger partial charge in [0.25, 0.3) is 0 Å². The monoisotopic (exact) mass is 226 g/mol. The molecule has 86 valence electrons. The summed E-state index contributed by atoms with van der Waals surface area (Å²) in [4.78, 5) is 3.22. The first-order valence-corrected chi connectivity index (χ1v) is 5.70. The van der Waals surface area contributed by atoms with Gasteiger partial charge in [-0.1, -0.05) is 12.1 Å². The quantitative estimate of drug-likeness (QED) is 0.717. The third kappa shape index (κ3) is 2.24. The summed E-state index contributed by atoms with van der Waals surface area (Å²) in [7, 11) is 0. The van der Waals surface area contributed by atoms with Crippen molar-refractivity contribution in [3.05, 3.63) is 60.2 Å². The smallest absolute Gasteiger partial charge is 0.0947 e. The second-order valence-electron chi connectivity index (χ2n) is 4.13. The predicted octanol–water partition coefficient (Wildman–Crippen LogP) is 3.05. The molecule has 2 aromatic heterocycles. The summed E-state index contributed by atoms with van der Waals surface area (Å²) >= 11 is 0. The van der Waals surface area contributed by atoms with Gasteiger partial charge in [-0.3, -0.25) is 0 Å². The minimum atomic E-state index is 0.833. The Morgan fingerprint density at radius 3 is 2.88 bits per heavy atom. The van der Waals surface area contributed by atoms with Gasteiger partial charge >= 0.3 is 0 Å². The maximum atomic E-state index is 5.02. The second-order valence-corrected chi connectivity index (χ2v) is 4.13. The molecule has 2 N–H and O–H groups in total. The standard InChI is InChI=1S/C14H14N2O/c1-2-13-3-5-16-14(13)7-11(1)8-15-9-12-4-6-17-10-12/h1-7,10,15-16H,8-9H2. The molecule has 0 saturated heterocycles. The van der Waals surface area contributed by atoms with E-state index in [2.05, 4.69) is 34.6 Å². The fraction of sp³-hybridized carbons (Fsp3) is 0.143. The van der Waals surface area contributed by atoms with Gasteiger partial charge in [0.15, 0.2) is 0 Å².